The average Bonchev–Trinajstić information content (AvgIpc) is 3.28. The first-order valence-electron chi connectivity index (χ1n) is 10.9. The van der Waals surface area contributed by atoms with Crippen molar-refractivity contribution in [3.8, 4) is 17.1 Å². The predicted octanol–water partition coefficient (Wildman–Crippen LogP) is 4.06. The lowest BCUT2D eigenvalue weighted by Gasteiger charge is -2.29. The predicted molar refractivity (Wildman–Crippen MR) is 128 cm³/mol. The first-order valence-corrected chi connectivity index (χ1v) is 10.9. The van der Waals surface area contributed by atoms with Gasteiger partial charge in [-0.05, 0) is 44.2 Å². The third-order valence-electron chi connectivity index (χ3n) is 5.45. The number of fused-ring (bicyclic) bond motifs is 1. The molecule has 170 valence electrons. The van der Waals surface area contributed by atoms with E-state index >= 15 is 0 Å². The van der Waals surface area contributed by atoms with Crippen LogP contribution < -0.4 is 15.4 Å². The number of anilines is 2. The number of benzene rings is 1. The van der Waals surface area contributed by atoms with E-state index in [0.717, 1.165) is 11.1 Å². The number of aromatic nitrogens is 5. The Morgan fingerprint density at radius 3 is 2.62 bits per heavy atom. The molecule has 1 unspecified atom stereocenters. The number of pyridine rings is 2. The fourth-order valence-electron chi connectivity index (χ4n) is 3.98. The third-order valence-corrected chi connectivity index (χ3v) is 5.45. The lowest BCUT2D eigenvalue weighted by atomic mass is 9.94. The van der Waals surface area contributed by atoms with E-state index in [1.54, 1.807) is 41.6 Å². The Kier molecular flexibility index (Phi) is 5.73. The summed E-state index contributed by atoms with van der Waals surface area (Å²) in [5.74, 6) is 1.46. The zero-order valence-electron chi connectivity index (χ0n) is 18.8. The number of hydrogen-bond acceptors (Lipinski definition) is 7. The summed E-state index contributed by atoms with van der Waals surface area (Å²) in [6.07, 6.45) is 6.67. The van der Waals surface area contributed by atoms with Crippen molar-refractivity contribution in [2.45, 2.75) is 19.9 Å². The number of ether oxygens (including phenoxy) is 1. The summed E-state index contributed by atoms with van der Waals surface area (Å²) in [4.78, 5) is 26.5. The molecule has 9 heteroatoms. The van der Waals surface area contributed by atoms with Gasteiger partial charge in [0.2, 0.25) is 5.95 Å². The Bertz CT molecular complexity index is 1350. The molecule has 1 aliphatic heterocycles. The molecule has 0 saturated heterocycles. The molecule has 1 amide bonds. The van der Waals surface area contributed by atoms with Gasteiger partial charge in [0.1, 0.15) is 11.8 Å². The highest BCUT2D eigenvalue weighted by atomic mass is 16.5. The second-order valence-electron chi connectivity index (χ2n) is 7.68. The van der Waals surface area contributed by atoms with Gasteiger partial charge in [-0.15, -0.1) is 5.10 Å². The standard InChI is InChI=1S/C25H23N7O2/c1-3-34-20-11-5-4-10-19(20)22-21(24(33)29-18-9-7-13-27-15-18)16(2)28-25-30-23(31-32(22)25)17-8-6-12-26-14-17/h4-15,22H,3H2,1-2H3,(H,29,33)(H,28,30,31). The number of nitrogens with one attached hydrogen (secondary N) is 2. The van der Waals surface area contributed by atoms with E-state index in [2.05, 4.69) is 25.6 Å². The van der Waals surface area contributed by atoms with E-state index in [1.807, 2.05) is 50.2 Å². The van der Waals surface area contributed by atoms with Crippen molar-refractivity contribution in [2.24, 2.45) is 0 Å². The smallest absolute Gasteiger partial charge is 0.255 e. The highest BCUT2D eigenvalue weighted by Gasteiger charge is 2.36. The Labute approximate surface area is 196 Å². The number of carbonyl (C=O) groups is 1. The summed E-state index contributed by atoms with van der Waals surface area (Å²) in [5, 5.41) is 11.0. The molecule has 34 heavy (non-hydrogen) atoms. The van der Waals surface area contributed by atoms with Crippen LogP contribution in [0.25, 0.3) is 11.4 Å². The van der Waals surface area contributed by atoms with Crippen LogP contribution >= 0.6 is 0 Å². The fourth-order valence-corrected chi connectivity index (χ4v) is 3.98. The lowest BCUT2D eigenvalue weighted by molar-refractivity contribution is -0.113. The largest absolute Gasteiger partial charge is 0.494 e. The van der Waals surface area contributed by atoms with Gasteiger partial charge >= 0.3 is 0 Å². The maximum atomic E-state index is 13.6. The summed E-state index contributed by atoms with van der Waals surface area (Å²) in [6.45, 7) is 4.28. The fraction of sp³-hybridized carbons (Fsp3) is 0.160. The molecular formula is C25H23N7O2. The van der Waals surface area contributed by atoms with Crippen molar-refractivity contribution in [2.75, 3.05) is 17.2 Å². The van der Waals surface area contributed by atoms with Crippen molar-refractivity contribution in [1.82, 2.24) is 24.7 Å². The second kappa shape index (κ2) is 9.14. The minimum atomic E-state index is -0.561. The summed E-state index contributed by atoms with van der Waals surface area (Å²) in [7, 11) is 0. The molecule has 5 rings (SSSR count). The topological polar surface area (TPSA) is 107 Å². The molecule has 0 fully saturated rings. The van der Waals surface area contributed by atoms with E-state index in [9.17, 15) is 4.79 Å². The normalized spacial score (nSPS) is 14.8. The van der Waals surface area contributed by atoms with Crippen LogP contribution in [0.4, 0.5) is 11.6 Å². The molecule has 0 spiro atoms. The highest BCUT2D eigenvalue weighted by Crippen LogP contribution is 2.40. The molecular weight excluding hydrogens is 430 g/mol. The number of hydrogen-bond donors (Lipinski definition) is 2. The Morgan fingerprint density at radius 2 is 1.88 bits per heavy atom. The zero-order valence-corrected chi connectivity index (χ0v) is 18.8. The van der Waals surface area contributed by atoms with Crippen LogP contribution in [-0.2, 0) is 4.79 Å². The Hall–Kier alpha value is -4.53. The quantitative estimate of drug-likeness (QED) is 0.453. The Morgan fingerprint density at radius 1 is 1.09 bits per heavy atom. The van der Waals surface area contributed by atoms with Gasteiger partial charge in [0.05, 0.1) is 24.1 Å². The molecule has 9 nitrogen and oxygen atoms in total. The van der Waals surface area contributed by atoms with Gasteiger partial charge in [0, 0.05) is 35.4 Å². The summed E-state index contributed by atoms with van der Waals surface area (Å²) in [5.41, 5.74) is 3.37. The third kappa shape index (κ3) is 3.99. The van der Waals surface area contributed by atoms with Gasteiger partial charge < -0.3 is 15.4 Å². The highest BCUT2D eigenvalue weighted by molar-refractivity contribution is 6.06. The molecule has 1 aromatic carbocycles. The van der Waals surface area contributed by atoms with Crippen molar-refractivity contribution >= 4 is 17.5 Å². The van der Waals surface area contributed by atoms with Gasteiger partial charge in [0.15, 0.2) is 5.82 Å². The van der Waals surface area contributed by atoms with Crippen molar-refractivity contribution < 1.29 is 9.53 Å². The van der Waals surface area contributed by atoms with Crippen molar-refractivity contribution in [1.29, 1.82) is 0 Å². The molecule has 1 atom stereocenters. The van der Waals surface area contributed by atoms with Gasteiger partial charge in [-0.3, -0.25) is 14.8 Å². The first-order chi connectivity index (χ1) is 16.7. The number of para-hydroxylation sites is 1. The molecule has 1 aliphatic rings. The maximum Gasteiger partial charge on any atom is 0.255 e. The molecule has 0 saturated carbocycles. The van der Waals surface area contributed by atoms with E-state index in [-0.39, 0.29) is 5.91 Å². The second-order valence-corrected chi connectivity index (χ2v) is 7.68. The number of allylic oxidation sites excluding steroid dienone is 1. The van der Waals surface area contributed by atoms with Crippen LogP contribution in [0.15, 0.2) is 84.6 Å². The van der Waals surface area contributed by atoms with Crippen LogP contribution in [0.1, 0.15) is 25.5 Å². The number of nitrogens with zero attached hydrogens (tertiary/aromatic N) is 5. The lowest BCUT2D eigenvalue weighted by Crippen LogP contribution is -2.31. The van der Waals surface area contributed by atoms with Crippen molar-refractivity contribution in [3.63, 3.8) is 0 Å². The minimum Gasteiger partial charge on any atom is -0.494 e. The SMILES string of the molecule is CCOc1ccccc1C1C(C(=O)Nc2cccnc2)=C(C)Nc2nc(-c3cccnc3)nn21. The monoisotopic (exact) mass is 453 g/mol. The summed E-state index contributed by atoms with van der Waals surface area (Å²) < 4.78 is 7.65. The van der Waals surface area contributed by atoms with E-state index in [1.165, 1.54) is 0 Å². The van der Waals surface area contributed by atoms with Crippen LogP contribution in [-0.4, -0.2) is 37.2 Å². The van der Waals surface area contributed by atoms with E-state index in [0.29, 0.717) is 41.1 Å². The molecule has 0 radical (unpaired) electrons. The van der Waals surface area contributed by atoms with Crippen LogP contribution in [0.2, 0.25) is 0 Å². The zero-order chi connectivity index (χ0) is 23.5. The minimum absolute atomic E-state index is 0.265. The average molecular weight is 454 g/mol. The van der Waals surface area contributed by atoms with Gasteiger partial charge in [-0.1, -0.05) is 18.2 Å². The van der Waals surface area contributed by atoms with Gasteiger partial charge in [-0.2, -0.15) is 4.98 Å². The number of amides is 1. The Balaban J connectivity index is 1.64. The van der Waals surface area contributed by atoms with Gasteiger partial charge in [-0.25, -0.2) is 4.68 Å². The van der Waals surface area contributed by atoms with E-state index < -0.39 is 6.04 Å². The van der Waals surface area contributed by atoms with Crippen molar-refractivity contribution in [3.05, 3.63) is 90.2 Å². The summed E-state index contributed by atoms with van der Waals surface area (Å²) in [6, 6.07) is 14.4. The molecule has 0 aliphatic carbocycles. The summed E-state index contributed by atoms with van der Waals surface area (Å²) >= 11 is 0. The number of carbonyl (C=O) groups excluding carboxylic acids is 1. The molecule has 0 bridgehead atoms. The molecule has 4 heterocycles. The van der Waals surface area contributed by atoms with Crippen LogP contribution in [0.5, 0.6) is 5.75 Å². The first kappa shape index (κ1) is 21.3. The maximum absolute atomic E-state index is 13.6. The van der Waals surface area contributed by atoms with E-state index in [4.69, 9.17) is 9.84 Å². The van der Waals surface area contributed by atoms with Gasteiger partial charge in [0.25, 0.3) is 5.91 Å². The van der Waals surface area contributed by atoms with Crippen LogP contribution in [0, 0.1) is 0 Å². The number of rotatable bonds is 6. The molecule has 4 aromatic rings. The van der Waals surface area contributed by atoms with Crippen LogP contribution in [0.3, 0.4) is 0 Å². The molecule has 3 aromatic heterocycles. The molecule has 2 N–H and O–H groups in total.